The molecule has 2 aromatic rings. The lowest BCUT2D eigenvalue weighted by molar-refractivity contribution is 0.435. The van der Waals surface area contributed by atoms with Gasteiger partial charge in [0.15, 0.2) is 11.5 Å². The van der Waals surface area contributed by atoms with Crippen LogP contribution in [0.2, 0.25) is 5.02 Å². The quantitative estimate of drug-likeness (QED) is 0.828. The molecule has 3 nitrogen and oxygen atoms in total. The number of aromatic nitrogens is 1. The third-order valence-electron chi connectivity index (χ3n) is 3.20. The zero-order chi connectivity index (χ0) is 11.1. The highest BCUT2D eigenvalue weighted by Gasteiger charge is 2.28. The maximum Gasteiger partial charge on any atom is 0.200 e. The Kier molecular flexibility index (Phi) is 2.37. The Morgan fingerprint density at radius 1 is 1.44 bits per heavy atom. The van der Waals surface area contributed by atoms with E-state index < -0.39 is 0 Å². The summed E-state index contributed by atoms with van der Waals surface area (Å²) in [7, 11) is 0. The Bertz CT molecular complexity index is 523. The van der Waals surface area contributed by atoms with Gasteiger partial charge in [0.05, 0.1) is 5.92 Å². The smallest absolute Gasteiger partial charge is 0.200 e. The van der Waals surface area contributed by atoms with Crippen molar-refractivity contribution in [3.8, 4) is 0 Å². The number of nitrogens with one attached hydrogen (secondary N) is 1. The van der Waals surface area contributed by atoms with Gasteiger partial charge in [0, 0.05) is 11.6 Å². The fourth-order valence-electron chi connectivity index (χ4n) is 2.22. The Labute approximate surface area is 98.8 Å². The molecular formula is C12H13ClN2O. The van der Waals surface area contributed by atoms with Crippen molar-refractivity contribution in [3.63, 3.8) is 0 Å². The molecule has 0 spiro atoms. The molecular weight excluding hydrogens is 224 g/mol. The molecule has 1 aliphatic heterocycles. The second-order valence-corrected chi connectivity index (χ2v) is 4.84. The van der Waals surface area contributed by atoms with E-state index in [4.69, 9.17) is 16.0 Å². The van der Waals surface area contributed by atoms with Crippen LogP contribution in [-0.4, -0.2) is 18.1 Å². The van der Waals surface area contributed by atoms with Gasteiger partial charge in [0.25, 0.3) is 0 Å². The molecule has 1 fully saturated rings. The van der Waals surface area contributed by atoms with Crippen LogP contribution in [0.15, 0.2) is 22.6 Å². The second kappa shape index (κ2) is 3.75. The van der Waals surface area contributed by atoms with Crippen LogP contribution in [0.1, 0.15) is 18.7 Å². The van der Waals surface area contributed by atoms with E-state index in [0.717, 1.165) is 30.1 Å². The first-order valence-corrected chi connectivity index (χ1v) is 5.88. The number of oxazole rings is 1. The summed E-state index contributed by atoms with van der Waals surface area (Å²) < 4.78 is 5.77. The molecule has 1 aliphatic rings. The van der Waals surface area contributed by atoms with Crippen LogP contribution in [0, 0.1) is 5.92 Å². The van der Waals surface area contributed by atoms with E-state index in [1.807, 2.05) is 18.2 Å². The Morgan fingerprint density at radius 3 is 3.06 bits per heavy atom. The SMILES string of the molecule is CC1CNCC1c1nc2cc(Cl)ccc2o1. The highest BCUT2D eigenvalue weighted by molar-refractivity contribution is 6.31. The lowest BCUT2D eigenvalue weighted by atomic mass is 9.98. The van der Waals surface area contributed by atoms with Gasteiger partial charge in [-0.05, 0) is 30.7 Å². The van der Waals surface area contributed by atoms with Crippen LogP contribution in [0.25, 0.3) is 11.1 Å². The first-order valence-electron chi connectivity index (χ1n) is 5.51. The van der Waals surface area contributed by atoms with Gasteiger partial charge >= 0.3 is 0 Å². The minimum absolute atomic E-state index is 0.381. The van der Waals surface area contributed by atoms with Crippen LogP contribution >= 0.6 is 11.6 Å². The summed E-state index contributed by atoms with van der Waals surface area (Å²) >= 11 is 5.92. The van der Waals surface area contributed by atoms with Crippen molar-refractivity contribution in [2.24, 2.45) is 5.92 Å². The van der Waals surface area contributed by atoms with Crippen LogP contribution in [0.3, 0.4) is 0 Å². The molecule has 1 aromatic heterocycles. The summed E-state index contributed by atoms with van der Waals surface area (Å²) in [5, 5.41) is 4.05. The van der Waals surface area contributed by atoms with Crippen LogP contribution in [0.4, 0.5) is 0 Å². The number of nitrogens with zero attached hydrogens (tertiary/aromatic N) is 1. The van der Waals surface area contributed by atoms with Crippen LogP contribution in [-0.2, 0) is 0 Å². The lowest BCUT2D eigenvalue weighted by Gasteiger charge is -2.08. The van der Waals surface area contributed by atoms with Crippen molar-refractivity contribution >= 4 is 22.7 Å². The van der Waals surface area contributed by atoms with E-state index in [1.165, 1.54) is 0 Å². The standard InChI is InChI=1S/C12H13ClN2O/c1-7-5-14-6-9(7)12-15-10-4-8(13)2-3-11(10)16-12/h2-4,7,9,14H,5-6H2,1H3. The predicted octanol–water partition coefficient (Wildman–Crippen LogP) is 2.80. The molecule has 84 valence electrons. The van der Waals surface area contributed by atoms with Gasteiger partial charge in [-0.25, -0.2) is 4.98 Å². The Balaban J connectivity index is 2.04. The zero-order valence-corrected chi connectivity index (χ0v) is 9.79. The largest absolute Gasteiger partial charge is 0.440 e. The topological polar surface area (TPSA) is 38.1 Å². The van der Waals surface area contributed by atoms with Gasteiger partial charge in [-0.3, -0.25) is 0 Å². The fraction of sp³-hybridized carbons (Fsp3) is 0.417. The van der Waals surface area contributed by atoms with E-state index in [1.54, 1.807) is 0 Å². The number of benzene rings is 1. The van der Waals surface area contributed by atoms with E-state index in [2.05, 4.69) is 17.2 Å². The van der Waals surface area contributed by atoms with E-state index in [-0.39, 0.29) is 0 Å². The molecule has 0 aliphatic carbocycles. The van der Waals surface area contributed by atoms with Gasteiger partial charge in [0.1, 0.15) is 5.52 Å². The summed E-state index contributed by atoms with van der Waals surface area (Å²) in [6, 6.07) is 5.55. The van der Waals surface area contributed by atoms with Gasteiger partial charge in [0.2, 0.25) is 0 Å². The van der Waals surface area contributed by atoms with Crippen molar-refractivity contribution in [1.29, 1.82) is 0 Å². The third-order valence-corrected chi connectivity index (χ3v) is 3.44. The summed E-state index contributed by atoms with van der Waals surface area (Å²) in [5.41, 5.74) is 1.67. The Hall–Kier alpha value is -1.06. The normalized spacial score (nSPS) is 25.4. The number of hydrogen-bond acceptors (Lipinski definition) is 3. The van der Waals surface area contributed by atoms with Gasteiger partial charge in [-0.1, -0.05) is 18.5 Å². The molecule has 16 heavy (non-hydrogen) atoms. The van der Waals surface area contributed by atoms with Crippen molar-refractivity contribution in [2.75, 3.05) is 13.1 Å². The minimum Gasteiger partial charge on any atom is -0.440 e. The number of hydrogen-bond donors (Lipinski definition) is 1. The van der Waals surface area contributed by atoms with Crippen molar-refractivity contribution < 1.29 is 4.42 Å². The summed E-state index contributed by atoms with van der Waals surface area (Å²) in [6.45, 7) is 4.19. The number of rotatable bonds is 1. The lowest BCUT2D eigenvalue weighted by Crippen LogP contribution is -2.08. The van der Waals surface area contributed by atoms with Crippen LogP contribution in [0.5, 0.6) is 0 Å². The second-order valence-electron chi connectivity index (χ2n) is 4.41. The molecule has 4 heteroatoms. The monoisotopic (exact) mass is 236 g/mol. The summed E-state index contributed by atoms with van der Waals surface area (Å²) in [4.78, 5) is 4.51. The van der Waals surface area contributed by atoms with Crippen molar-refractivity contribution in [2.45, 2.75) is 12.8 Å². The summed E-state index contributed by atoms with van der Waals surface area (Å²) in [6.07, 6.45) is 0. The fourth-order valence-corrected chi connectivity index (χ4v) is 2.38. The maximum absolute atomic E-state index is 5.92. The van der Waals surface area contributed by atoms with Gasteiger partial charge in [-0.15, -0.1) is 0 Å². The van der Waals surface area contributed by atoms with Crippen molar-refractivity contribution in [1.82, 2.24) is 10.3 Å². The molecule has 1 N–H and O–H groups in total. The van der Waals surface area contributed by atoms with Crippen LogP contribution < -0.4 is 5.32 Å². The molecule has 3 rings (SSSR count). The Morgan fingerprint density at radius 2 is 2.31 bits per heavy atom. The first kappa shape index (κ1) is 10.1. The van der Waals surface area contributed by atoms with Gasteiger partial charge in [-0.2, -0.15) is 0 Å². The highest BCUT2D eigenvalue weighted by Crippen LogP contribution is 2.30. The molecule has 2 heterocycles. The molecule has 0 amide bonds. The van der Waals surface area contributed by atoms with E-state index >= 15 is 0 Å². The number of halogens is 1. The number of fused-ring (bicyclic) bond motifs is 1. The average Bonchev–Trinajstić information content (AvgIpc) is 2.82. The predicted molar refractivity (Wildman–Crippen MR) is 63.8 cm³/mol. The first-order chi connectivity index (χ1) is 7.74. The molecule has 2 atom stereocenters. The minimum atomic E-state index is 0.381. The average molecular weight is 237 g/mol. The zero-order valence-electron chi connectivity index (χ0n) is 9.03. The van der Waals surface area contributed by atoms with E-state index in [9.17, 15) is 0 Å². The van der Waals surface area contributed by atoms with E-state index in [0.29, 0.717) is 16.9 Å². The molecule has 0 saturated carbocycles. The molecule has 2 unspecified atom stereocenters. The highest BCUT2D eigenvalue weighted by atomic mass is 35.5. The molecule has 0 bridgehead atoms. The third kappa shape index (κ3) is 1.60. The summed E-state index contributed by atoms with van der Waals surface area (Å²) in [5.74, 6) is 1.78. The maximum atomic E-state index is 5.92. The molecule has 1 aromatic carbocycles. The van der Waals surface area contributed by atoms with Gasteiger partial charge < -0.3 is 9.73 Å². The molecule has 0 radical (unpaired) electrons. The van der Waals surface area contributed by atoms with Crippen molar-refractivity contribution in [3.05, 3.63) is 29.1 Å². The molecule has 1 saturated heterocycles.